The summed E-state index contributed by atoms with van der Waals surface area (Å²) in [6, 6.07) is 8.97. The summed E-state index contributed by atoms with van der Waals surface area (Å²) in [7, 11) is 0. The summed E-state index contributed by atoms with van der Waals surface area (Å²) in [5.74, 6) is 0. The van der Waals surface area contributed by atoms with E-state index in [9.17, 15) is 0 Å². The van der Waals surface area contributed by atoms with Crippen LogP contribution in [0.2, 0.25) is 5.02 Å². The second-order valence-electron chi connectivity index (χ2n) is 6.34. The van der Waals surface area contributed by atoms with Crippen molar-refractivity contribution in [1.29, 1.82) is 0 Å². The van der Waals surface area contributed by atoms with Crippen molar-refractivity contribution in [2.24, 2.45) is 0 Å². The van der Waals surface area contributed by atoms with E-state index in [0.717, 1.165) is 24.7 Å². The van der Waals surface area contributed by atoms with Crippen LogP contribution in [0.3, 0.4) is 0 Å². The molecule has 1 aliphatic heterocycles. The lowest BCUT2D eigenvalue weighted by Crippen LogP contribution is -2.63. The number of nitrogens with zero attached hydrogens (tertiary/aromatic N) is 1. The van der Waals surface area contributed by atoms with Crippen molar-refractivity contribution < 1.29 is 0 Å². The number of hydrogen-bond donors (Lipinski definition) is 1. The Bertz CT molecular complexity index is 425. The third-order valence-corrected chi connectivity index (χ3v) is 5.26. The van der Waals surface area contributed by atoms with Crippen LogP contribution in [0.4, 0.5) is 0 Å². The van der Waals surface area contributed by atoms with Crippen molar-refractivity contribution in [2.75, 3.05) is 13.1 Å². The molecule has 2 rings (SSSR count). The van der Waals surface area contributed by atoms with Crippen molar-refractivity contribution >= 4 is 11.6 Å². The van der Waals surface area contributed by atoms with Crippen LogP contribution in [-0.4, -0.2) is 29.6 Å². The molecule has 0 aliphatic carbocycles. The summed E-state index contributed by atoms with van der Waals surface area (Å²) < 4.78 is 0. The number of halogens is 1. The minimum atomic E-state index is 0.288. The van der Waals surface area contributed by atoms with Crippen molar-refractivity contribution in [3.8, 4) is 0 Å². The number of hydrogen-bond acceptors (Lipinski definition) is 2. The standard InChI is InChI=1S/C18H29ClN2/c1-4-7-17-12-20-18(5-2,6-3)14-21(17)13-15-8-10-16(19)11-9-15/h8-11,17,20H,4-7,12-14H2,1-3H3. The largest absolute Gasteiger partial charge is 0.308 e. The lowest BCUT2D eigenvalue weighted by molar-refractivity contribution is 0.0616. The highest BCUT2D eigenvalue weighted by Gasteiger charge is 2.36. The Labute approximate surface area is 134 Å². The van der Waals surface area contributed by atoms with Gasteiger partial charge in [-0.1, -0.05) is 50.9 Å². The third kappa shape index (κ3) is 4.21. The maximum atomic E-state index is 6.00. The van der Waals surface area contributed by atoms with Crippen molar-refractivity contribution in [3.63, 3.8) is 0 Å². The highest BCUT2D eigenvalue weighted by Crippen LogP contribution is 2.26. The molecule has 3 heteroatoms. The van der Waals surface area contributed by atoms with Gasteiger partial charge in [0.15, 0.2) is 0 Å². The second-order valence-corrected chi connectivity index (χ2v) is 6.78. The highest BCUT2D eigenvalue weighted by molar-refractivity contribution is 6.30. The molecule has 1 heterocycles. The number of benzene rings is 1. The smallest absolute Gasteiger partial charge is 0.0406 e. The molecule has 1 aromatic carbocycles. The molecule has 1 N–H and O–H groups in total. The first-order chi connectivity index (χ1) is 10.1. The topological polar surface area (TPSA) is 15.3 Å². The van der Waals surface area contributed by atoms with Crippen LogP contribution in [0.5, 0.6) is 0 Å². The highest BCUT2D eigenvalue weighted by atomic mass is 35.5. The fourth-order valence-corrected chi connectivity index (χ4v) is 3.51. The van der Waals surface area contributed by atoms with Gasteiger partial charge in [0, 0.05) is 36.2 Å². The van der Waals surface area contributed by atoms with Crippen molar-refractivity contribution in [2.45, 2.75) is 64.6 Å². The number of rotatable bonds is 6. The first kappa shape index (κ1) is 16.8. The Hall–Kier alpha value is -0.570. The molecule has 0 radical (unpaired) electrons. The molecule has 1 saturated heterocycles. The average Bonchev–Trinajstić information content (AvgIpc) is 2.51. The Morgan fingerprint density at radius 2 is 1.86 bits per heavy atom. The van der Waals surface area contributed by atoms with E-state index in [1.54, 1.807) is 0 Å². The predicted octanol–water partition coefficient (Wildman–Crippen LogP) is 4.47. The molecular formula is C18H29ClN2. The molecule has 0 amide bonds. The van der Waals surface area contributed by atoms with E-state index < -0.39 is 0 Å². The molecule has 0 spiro atoms. The van der Waals surface area contributed by atoms with Crippen LogP contribution >= 0.6 is 11.6 Å². The van der Waals surface area contributed by atoms with Crippen LogP contribution in [0.1, 0.15) is 52.0 Å². The van der Waals surface area contributed by atoms with E-state index in [-0.39, 0.29) is 5.54 Å². The fourth-order valence-electron chi connectivity index (χ4n) is 3.39. The number of nitrogens with one attached hydrogen (secondary N) is 1. The van der Waals surface area contributed by atoms with Crippen LogP contribution in [0.25, 0.3) is 0 Å². The molecular weight excluding hydrogens is 280 g/mol. The van der Waals surface area contributed by atoms with Gasteiger partial charge in [-0.15, -0.1) is 0 Å². The van der Waals surface area contributed by atoms with Crippen LogP contribution in [0.15, 0.2) is 24.3 Å². The lowest BCUT2D eigenvalue weighted by Gasteiger charge is -2.47. The fraction of sp³-hybridized carbons (Fsp3) is 0.667. The number of piperazine rings is 1. The Kier molecular flexibility index (Phi) is 6.09. The zero-order valence-electron chi connectivity index (χ0n) is 13.7. The van der Waals surface area contributed by atoms with E-state index >= 15 is 0 Å². The Morgan fingerprint density at radius 3 is 2.43 bits per heavy atom. The summed E-state index contributed by atoms with van der Waals surface area (Å²) in [5, 5.41) is 4.65. The molecule has 1 fully saturated rings. The van der Waals surface area contributed by atoms with E-state index in [4.69, 9.17) is 11.6 Å². The van der Waals surface area contributed by atoms with Crippen LogP contribution in [0, 0.1) is 0 Å². The normalized spacial score (nSPS) is 22.4. The third-order valence-electron chi connectivity index (χ3n) is 5.01. The molecule has 1 aromatic rings. The van der Waals surface area contributed by atoms with Gasteiger partial charge >= 0.3 is 0 Å². The van der Waals surface area contributed by atoms with Gasteiger partial charge in [-0.3, -0.25) is 4.90 Å². The second kappa shape index (κ2) is 7.62. The SMILES string of the molecule is CCCC1CNC(CC)(CC)CN1Cc1ccc(Cl)cc1. The lowest BCUT2D eigenvalue weighted by atomic mass is 9.87. The zero-order valence-corrected chi connectivity index (χ0v) is 14.4. The van der Waals surface area contributed by atoms with Crippen LogP contribution < -0.4 is 5.32 Å². The van der Waals surface area contributed by atoms with Gasteiger partial charge in [-0.25, -0.2) is 0 Å². The van der Waals surface area contributed by atoms with Gasteiger partial charge in [0.2, 0.25) is 0 Å². The molecule has 0 bridgehead atoms. The first-order valence-electron chi connectivity index (χ1n) is 8.36. The monoisotopic (exact) mass is 308 g/mol. The van der Waals surface area contributed by atoms with Gasteiger partial charge in [-0.05, 0) is 37.0 Å². The van der Waals surface area contributed by atoms with Gasteiger partial charge in [0.1, 0.15) is 0 Å². The van der Waals surface area contributed by atoms with Gasteiger partial charge in [-0.2, -0.15) is 0 Å². The summed E-state index contributed by atoms with van der Waals surface area (Å²) in [4.78, 5) is 2.68. The maximum Gasteiger partial charge on any atom is 0.0406 e. The molecule has 1 aliphatic rings. The van der Waals surface area contributed by atoms with Gasteiger partial charge in [0.25, 0.3) is 0 Å². The summed E-state index contributed by atoms with van der Waals surface area (Å²) in [6.07, 6.45) is 4.90. The maximum absolute atomic E-state index is 6.00. The molecule has 1 atom stereocenters. The van der Waals surface area contributed by atoms with E-state index in [1.165, 1.54) is 31.2 Å². The minimum absolute atomic E-state index is 0.288. The van der Waals surface area contributed by atoms with Gasteiger partial charge < -0.3 is 5.32 Å². The average molecular weight is 309 g/mol. The molecule has 2 nitrogen and oxygen atoms in total. The quantitative estimate of drug-likeness (QED) is 0.834. The molecule has 118 valence electrons. The van der Waals surface area contributed by atoms with E-state index in [1.807, 2.05) is 12.1 Å². The Balaban J connectivity index is 2.11. The Morgan fingerprint density at radius 1 is 1.19 bits per heavy atom. The zero-order chi connectivity index (χ0) is 15.3. The molecule has 1 unspecified atom stereocenters. The van der Waals surface area contributed by atoms with Gasteiger partial charge in [0.05, 0.1) is 0 Å². The molecule has 0 saturated carbocycles. The van der Waals surface area contributed by atoms with E-state index in [0.29, 0.717) is 6.04 Å². The summed E-state index contributed by atoms with van der Waals surface area (Å²) in [5.41, 5.74) is 1.65. The molecule has 21 heavy (non-hydrogen) atoms. The molecule has 0 aromatic heterocycles. The van der Waals surface area contributed by atoms with E-state index in [2.05, 4.69) is 43.1 Å². The minimum Gasteiger partial charge on any atom is -0.308 e. The predicted molar refractivity (Wildman–Crippen MR) is 91.9 cm³/mol. The summed E-state index contributed by atoms with van der Waals surface area (Å²) >= 11 is 6.00. The van der Waals surface area contributed by atoms with Crippen molar-refractivity contribution in [1.82, 2.24) is 10.2 Å². The van der Waals surface area contributed by atoms with Crippen molar-refractivity contribution in [3.05, 3.63) is 34.9 Å². The summed E-state index contributed by atoms with van der Waals surface area (Å²) in [6.45, 7) is 10.2. The first-order valence-corrected chi connectivity index (χ1v) is 8.73. The van der Waals surface area contributed by atoms with Crippen LogP contribution in [-0.2, 0) is 6.54 Å².